The fourth-order valence-corrected chi connectivity index (χ4v) is 0.500. The van der Waals surface area contributed by atoms with Crippen molar-refractivity contribution in [2.75, 3.05) is 13.1 Å². The zero-order valence-corrected chi connectivity index (χ0v) is 5.58. The van der Waals surface area contributed by atoms with Gasteiger partial charge in [-0.3, -0.25) is 0 Å². The smallest absolute Gasteiger partial charge is 0.142 e. The average molecular weight is 161 g/mol. The maximum Gasteiger partial charge on any atom is 0.142 e. The predicted octanol–water partition coefficient (Wildman–Crippen LogP) is 0.0151. The average Bonchev–Trinajstić information content (AvgIpc) is 2.00. The Kier molecular flexibility index (Phi) is 4.91. The Morgan fingerprint density at radius 2 is 1.64 bits per heavy atom. The van der Waals surface area contributed by atoms with Crippen LogP contribution in [-0.2, 0) is 0 Å². The number of hydrogen-bond donors (Lipinski definition) is 1. The van der Waals surface area contributed by atoms with Crippen molar-refractivity contribution in [2.24, 2.45) is 15.5 Å². The molecule has 0 saturated heterocycles. The van der Waals surface area contributed by atoms with Gasteiger partial charge in [-0.15, -0.1) is 0 Å². The van der Waals surface area contributed by atoms with Gasteiger partial charge in [-0.05, 0) is 0 Å². The van der Waals surface area contributed by atoms with Crippen LogP contribution in [0.2, 0.25) is 0 Å². The van der Waals surface area contributed by atoms with E-state index in [4.69, 9.17) is 5.11 Å². The Labute approximate surface area is 61.7 Å². The number of nitrogens with zero attached hydrogens (tertiary/aromatic N) is 3. The molecule has 7 nitrogen and oxygen atoms in total. The molecule has 0 aliphatic rings. The van der Waals surface area contributed by atoms with Gasteiger partial charge in [-0.1, -0.05) is 15.5 Å². The molecule has 0 aromatic heterocycles. The number of hydrogen-bond acceptors (Lipinski definition) is 7. The third kappa shape index (κ3) is 3.46. The monoisotopic (exact) mass is 161 g/mol. The summed E-state index contributed by atoms with van der Waals surface area (Å²) in [5, 5.41) is 16.0. The summed E-state index contributed by atoms with van der Waals surface area (Å²) in [5.41, 5.74) is 0. The van der Waals surface area contributed by atoms with Gasteiger partial charge in [-0.25, -0.2) is 0 Å². The number of rotatable bonds is 6. The summed E-state index contributed by atoms with van der Waals surface area (Å²) in [6.07, 6.45) is -1.30. The van der Waals surface area contributed by atoms with Gasteiger partial charge in [0.1, 0.15) is 25.2 Å². The number of nitroso groups, excluding NO2 is 3. The fourth-order valence-electron chi connectivity index (χ4n) is 0.500. The van der Waals surface area contributed by atoms with Gasteiger partial charge in [-0.2, -0.15) is 14.7 Å². The van der Waals surface area contributed by atoms with Gasteiger partial charge in [0.2, 0.25) is 0 Å². The SMILES string of the molecule is O=NCC(O)C(CN=O)N=O. The Morgan fingerprint density at radius 3 is 2.00 bits per heavy atom. The lowest BCUT2D eigenvalue weighted by Crippen LogP contribution is -2.29. The minimum atomic E-state index is -1.30. The quantitative estimate of drug-likeness (QED) is 0.553. The zero-order valence-electron chi connectivity index (χ0n) is 5.58. The van der Waals surface area contributed by atoms with E-state index in [1.54, 1.807) is 0 Å². The van der Waals surface area contributed by atoms with Crippen molar-refractivity contribution in [1.82, 2.24) is 0 Å². The highest BCUT2D eigenvalue weighted by Gasteiger charge is 2.20. The Balaban J connectivity index is 3.88. The molecule has 0 saturated carbocycles. The predicted molar refractivity (Wildman–Crippen MR) is 36.9 cm³/mol. The van der Waals surface area contributed by atoms with E-state index < -0.39 is 25.2 Å². The van der Waals surface area contributed by atoms with E-state index in [1.807, 2.05) is 0 Å². The molecule has 0 aromatic rings. The summed E-state index contributed by atoms with van der Waals surface area (Å²) in [6, 6.07) is -1.16. The molecule has 0 aliphatic carbocycles. The van der Waals surface area contributed by atoms with Crippen molar-refractivity contribution in [3.05, 3.63) is 14.7 Å². The van der Waals surface area contributed by atoms with Crippen LogP contribution in [0.3, 0.4) is 0 Å². The zero-order chi connectivity index (χ0) is 8.69. The lowest BCUT2D eigenvalue weighted by molar-refractivity contribution is 0.155. The van der Waals surface area contributed by atoms with Gasteiger partial charge in [0.25, 0.3) is 0 Å². The third-order valence-electron chi connectivity index (χ3n) is 1.10. The first-order valence-corrected chi connectivity index (χ1v) is 2.85. The van der Waals surface area contributed by atoms with Crippen molar-refractivity contribution >= 4 is 0 Å². The highest BCUT2D eigenvalue weighted by molar-refractivity contribution is 4.78. The minimum Gasteiger partial charge on any atom is -0.389 e. The van der Waals surface area contributed by atoms with Crippen LogP contribution in [0.5, 0.6) is 0 Å². The Hall–Kier alpha value is -1.24. The molecule has 0 bridgehead atoms. The molecule has 0 heterocycles. The molecule has 0 radical (unpaired) electrons. The van der Waals surface area contributed by atoms with Gasteiger partial charge in [0, 0.05) is 0 Å². The van der Waals surface area contributed by atoms with Crippen LogP contribution in [0, 0.1) is 14.7 Å². The standard InChI is InChI=1S/C4H7N3O4/c8-4(2-6-10)3(7-11)1-5-9/h3-4,8H,1-2H2. The summed E-state index contributed by atoms with van der Waals surface area (Å²) in [7, 11) is 0. The molecule has 2 unspecified atom stereocenters. The minimum absolute atomic E-state index is 0.430. The topological polar surface area (TPSA) is 109 Å². The molecule has 0 aromatic carbocycles. The molecule has 0 fully saturated rings. The van der Waals surface area contributed by atoms with Crippen molar-refractivity contribution in [3.8, 4) is 0 Å². The maximum absolute atomic E-state index is 9.86. The van der Waals surface area contributed by atoms with E-state index in [9.17, 15) is 14.7 Å². The van der Waals surface area contributed by atoms with Crippen LogP contribution in [-0.4, -0.2) is 30.3 Å². The number of aliphatic hydroxyl groups excluding tert-OH is 1. The van der Waals surface area contributed by atoms with Crippen molar-refractivity contribution in [2.45, 2.75) is 12.1 Å². The second kappa shape index (κ2) is 5.54. The van der Waals surface area contributed by atoms with E-state index in [0.717, 1.165) is 0 Å². The van der Waals surface area contributed by atoms with E-state index in [0.29, 0.717) is 0 Å². The van der Waals surface area contributed by atoms with Crippen molar-refractivity contribution in [1.29, 1.82) is 0 Å². The molecule has 0 amide bonds. The molecular weight excluding hydrogens is 154 g/mol. The van der Waals surface area contributed by atoms with Crippen LogP contribution in [0.15, 0.2) is 15.5 Å². The first-order chi connectivity index (χ1) is 5.26. The molecule has 0 aliphatic heterocycles. The number of aliphatic hydroxyl groups is 1. The summed E-state index contributed by atoms with van der Waals surface area (Å²) >= 11 is 0. The molecule has 1 N–H and O–H groups in total. The fraction of sp³-hybridized carbons (Fsp3) is 1.00. The molecule has 62 valence electrons. The van der Waals surface area contributed by atoms with E-state index in [1.165, 1.54) is 0 Å². The van der Waals surface area contributed by atoms with Gasteiger partial charge in [0.05, 0.1) is 0 Å². The van der Waals surface area contributed by atoms with E-state index in [-0.39, 0.29) is 0 Å². The molecule has 7 heteroatoms. The van der Waals surface area contributed by atoms with Crippen molar-refractivity contribution in [3.63, 3.8) is 0 Å². The van der Waals surface area contributed by atoms with Crippen LogP contribution in [0.1, 0.15) is 0 Å². The molecule has 0 rings (SSSR count). The van der Waals surface area contributed by atoms with Gasteiger partial charge >= 0.3 is 0 Å². The summed E-state index contributed by atoms with van der Waals surface area (Å²) in [6.45, 7) is -0.883. The summed E-state index contributed by atoms with van der Waals surface area (Å²) in [5.74, 6) is 0. The lowest BCUT2D eigenvalue weighted by atomic mass is 10.2. The lowest BCUT2D eigenvalue weighted by Gasteiger charge is -2.08. The highest BCUT2D eigenvalue weighted by Crippen LogP contribution is 1.99. The van der Waals surface area contributed by atoms with Crippen LogP contribution in [0.4, 0.5) is 0 Å². The first-order valence-electron chi connectivity index (χ1n) is 2.85. The molecule has 2 atom stereocenters. The van der Waals surface area contributed by atoms with Crippen LogP contribution >= 0.6 is 0 Å². The third-order valence-corrected chi connectivity index (χ3v) is 1.10. The van der Waals surface area contributed by atoms with Crippen molar-refractivity contribution < 1.29 is 5.11 Å². The largest absolute Gasteiger partial charge is 0.389 e. The molecular formula is C4H7N3O4. The molecule has 0 spiro atoms. The van der Waals surface area contributed by atoms with Crippen LogP contribution in [0.25, 0.3) is 0 Å². The first kappa shape index (κ1) is 9.76. The van der Waals surface area contributed by atoms with E-state index >= 15 is 0 Å². The second-order valence-electron chi connectivity index (χ2n) is 1.86. The van der Waals surface area contributed by atoms with Gasteiger partial charge in [0.15, 0.2) is 0 Å². The Morgan fingerprint density at radius 1 is 1.09 bits per heavy atom. The second-order valence-corrected chi connectivity index (χ2v) is 1.86. The summed E-state index contributed by atoms with van der Waals surface area (Å²) < 4.78 is 0. The maximum atomic E-state index is 9.86. The van der Waals surface area contributed by atoms with Crippen LogP contribution < -0.4 is 0 Å². The molecule has 11 heavy (non-hydrogen) atoms. The highest BCUT2D eigenvalue weighted by atomic mass is 16.3. The normalized spacial score (nSPS) is 15.0. The van der Waals surface area contributed by atoms with Gasteiger partial charge < -0.3 is 5.11 Å². The van der Waals surface area contributed by atoms with E-state index in [2.05, 4.69) is 15.5 Å². The Bertz CT molecular complexity index is 150. The summed E-state index contributed by atoms with van der Waals surface area (Å²) in [4.78, 5) is 29.1.